The fraction of sp³-hybridized carbons (Fsp3) is 0.538. The lowest BCUT2D eigenvalue weighted by atomic mass is 10.1. The van der Waals surface area contributed by atoms with Crippen LogP contribution in [0.1, 0.15) is 30.1 Å². The Hall–Kier alpha value is -0.910. The maximum absolute atomic E-state index is 11.8. The molecule has 1 aromatic rings. The summed E-state index contributed by atoms with van der Waals surface area (Å²) in [6.07, 6.45) is 3.53. The van der Waals surface area contributed by atoms with Crippen LogP contribution in [0.5, 0.6) is 0 Å². The monoisotopic (exact) mass is 268 g/mol. The summed E-state index contributed by atoms with van der Waals surface area (Å²) in [5.41, 5.74) is 0.783. The second kappa shape index (κ2) is 5.82. The molecule has 1 aromatic carbocycles. The number of rotatable bonds is 4. The van der Waals surface area contributed by atoms with Gasteiger partial charge in [0.25, 0.3) is 0 Å². The maximum Gasteiger partial charge on any atom is 0.217 e. The summed E-state index contributed by atoms with van der Waals surface area (Å²) in [5.74, 6) is 0. The van der Waals surface area contributed by atoms with Gasteiger partial charge in [0.1, 0.15) is 5.25 Å². The van der Waals surface area contributed by atoms with E-state index >= 15 is 0 Å². The molecule has 0 aliphatic carbocycles. The molecule has 1 aliphatic rings. The molecule has 5 heteroatoms. The van der Waals surface area contributed by atoms with Gasteiger partial charge >= 0.3 is 0 Å². The van der Waals surface area contributed by atoms with Crippen molar-refractivity contribution in [2.45, 2.75) is 24.5 Å². The number of likely N-dealkylation sites (tertiary alicyclic amines) is 1. The van der Waals surface area contributed by atoms with Crippen molar-refractivity contribution >= 4 is 10.0 Å². The van der Waals surface area contributed by atoms with Gasteiger partial charge in [-0.05, 0) is 31.5 Å². The normalized spacial score (nSPS) is 19.6. The number of benzene rings is 1. The summed E-state index contributed by atoms with van der Waals surface area (Å²) in [7, 11) is -3.56. The Balaban J connectivity index is 2.16. The van der Waals surface area contributed by atoms with Crippen LogP contribution in [0.2, 0.25) is 0 Å². The van der Waals surface area contributed by atoms with Crippen molar-refractivity contribution in [1.29, 1.82) is 0 Å². The molecule has 0 amide bonds. The summed E-state index contributed by atoms with van der Waals surface area (Å²) < 4.78 is 23.5. The Kier molecular flexibility index (Phi) is 4.37. The van der Waals surface area contributed by atoms with Gasteiger partial charge in [0, 0.05) is 6.54 Å². The van der Waals surface area contributed by atoms with E-state index in [-0.39, 0.29) is 0 Å². The number of hydrogen-bond donors (Lipinski definition) is 1. The number of sulfonamides is 1. The second-order valence-corrected chi connectivity index (χ2v) is 6.60. The quantitative estimate of drug-likeness (QED) is 0.900. The molecule has 1 unspecified atom stereocenters. The van der Waals surface area contributed by atoms with Crippen molar-refractivity contribution < 1.29 is 8.42 Å². The minimum Gasteiger partial charge on any atom is -0.302 e. The number of nitrogens with two attached hydrogens (primary N) is 1. The molecule has 1 aliphatic heterocycles. The first-order chi connectivity index (χ1) is 8.57. The van der Waals surface area contributed by atoms with Gasteiger partial charge in [0.15, 0.2) is 0 Å². The van der Waals surface area contributed by atoms with Crippen LogP contribution >= 0.6 is 0 Å². The second-order valence-electron chi connectivity index (χ2n) is 4.85. The molecular weight excluding hydrogens is 248 g/mol. The van der Waals surface area contributed by atoms with Gasteiger partial charge in [0.2, 0.25) is 10.0 Å². The first kappa shape index (κ1) is 13.5. The highest BCUT2D eigenvalue weighted by molar-refractivity contribution is 7.89. The third kappa shape index (κ3) is 3.54. The van der Waals surface area contributed by atoms with E-state index in [1.807, 2.05) is 30.3 Å². The Labute approximate surface area is 109 Å². The summed E-state index contributed by atoms with van der Waals surface area (Å²) in [6.45, 7) is 2.44. The van der Waals surface area contributed by atoms with E-state index < -0.39 is 15.3 Å². The highest BCUT2D eigenvalue weighted by atomic mass is 32.2. The van der Waals surface area contributed by atoms with E-state index in [1.54, 1.807) is 0 Å². The molecule has 0 radical (unpaired) electrons. The van der Waals surface area contributed by atoms with Gasteiger partial charge in [-0.15, -0.1) is 0 Å². The Morgan fingerprint density at radius 3 is 2.28 bits per heavy atom. The summed E-state index contributed by atoms with van der Waals surface area (Å²) in [4.78, 5) is 2.20. The van der Waals surface area contributed by atoms with Crippen LogP contribution in [0.3, 0.4) is 0 Å². The fourth-order valence-electron chi connectivity index (χ4n) is 2.44. The van der Waals surface area contributed by atoms with E-state index in [0.29, 0.717) is 6.54 Å². The van der Waals surface area contributed by atoms with Crippen molar-refractivity contribution in [2.24, 2.45) is 5.14 Å². The number of nitrogens with zero attached hydrogens (tertiary/aromatic N) is 1. The summed E-state index contributed by atoms with van der Waals surface area (Å²) in [5, 5.41) is 4.76. The lowest BCUT2D eigenvalue weighted by Gasteiger charge is -2.29. The standard InChI is InChI=1S/C13H20N2O2S/c14-18(16,17)13(12-7-3-1-4-8-12)11-15-9-5-2-6-10-15/h1,3-4,7-8,13H,2,5-6,9-11H2,(H2,14,16,17). The zero-order valence-corrected chi connectivity index (χ0v) is 11.3. The molecule has 0 saturated carbocycles. The van der Waals surface area contributed by atoms with Crippen molar-refractivity contribution in [2.75, 3.05) is 19.6 Å². The zero-order valence-electron chi connectivity index (χ0n) is 10.5. The van der Waals surface area contributed by atoms with Crippen molar-refractivity contribution in [3.63, 3.8) is 0 Å². The third-order valence-corrected chi connectivity index (χ3v) is 4.66. The largest absolute Gasteiger partial charge is 0.302 e. The smallest absolute Gasteiger partial charge is 0.217 e. The highest BCUT2D eigenvalue weighted by Crippen LogP contribution is 2.23. The van der Waals surface area contributed by atoms with E-state index in [4.69, 9.17) is 5.14 Å². The van der Waals surface area contributed by atoms with Crippen LogP contribution in [-0.4, -0.2) is 33.0 Å². The Bertz CT molecular complexity index is 467. The van der Waals surface area contributed by atoms with Crippen LogP contribution in [0.15, 0.2) is 30.3 Å². The van der Waals surface area contributed by atoms with E-state index in [9.17, 15) is 8.42 Å². The van der Waals surface area contributed by atoms with Gasteiger partial charge in [-0.3, -0.25) is 0 Å². The molecule has 1 heterocycles. The molecule has 0 aromatic heterocycles. The first-order valence-corrected chi connectivity index (χ1v) is 7.97. The highest BCUT2D eigenvalue weighted by Gasteiger charge is 2.26. The molecule has 0 bridgehead atoms. The third-order valence-electron chi connectivity index (χ3n) is 3.44. The molecule has 100 valence electrons. The zero-order chi connectivity index (χ0) is 13.0. The average Bonchev–Trinajstić information content (AvgIpc) is 2.37. The summed E-state index contributed by atoms with van der Waals surface area (Å²) >= 11 is 0. The topological polar surface area (TPSA) is 63.4 Å². The average molecular weight is 268 g/mol. The van der Waals surface area contributed by atoms with Gasteiger partial charge < -0.3 is 4.90 Å². The predicted octanol–water partition coefficient (Wildman–Crippen LogP) is 1.50. The van der Waals surface area contributed by atoms with Crippen LogP contribution in [0.25, 0.3) is 0 Å². The first-order valence-electron chi connectivity index (χ1n) is 6.36. The maximum atomic E-state index is 11.8. The molecular formula is C13H20N2O2S. The number of hydrogen-bond acceptors (Lipinski definition) is 3. The van der Waals surface area contributed by atoms with E-state index in [2.05, 4.69) is 4.90 Å². The Morgan fingerprint density at radius 1 is 1.11 bits per heavy atom. The predicted molar refractivity (Wildman–Crippen MR) is 72.6 cm³/mol. The number of primary sulfonamides is 1. The van der Waals surface area contributed by atoms with Gasteiger partial charge in [0.05, 0.1) is 0 Å². The molecule has 4 nitrogen and oxygen atoms in total. The van der Waals surface area contributed by atoms with Crippen molar-refractivity contribution in [3.8, 4) is 0 Å². The fourth-order valence-corrected chi connectivity index (χ4v) is 3.40. The lowest BCUT2D eigenvalue weighted by molar-refractivity contribution is 0.228. The van der Waals surface area contributed by atoms with Crippen molar-refractivity contribution in [1.82, 2.24) is 4.90 Å². The molecule has 18 heavy (non-hydrogen) atoms. The van der Waals surface area contributed by atoms with Crippen LogP contribution in [0.4, 0.5) is 0 Å². The van der Waals surface area contributed by atoms with Crippen LogP contribution in [0, 0.1) is 0 Å². The van der Waals surface area contributed by atoms with E-state index in [0.717, 1.165) is 31.5 Å². The molecule has 1 saturated heterocycles. The van der Waals surface area contributed by atoms with Gasteiger partial charge in [-0.2, -0.15) is 0 Å². The van der Waals surface area contributed by atoms with E-state index in [1.165, 1.54) is 6.42 Å². The lowest BCUT2D eigenvalue weighted by Crippen LogP contribution is -2.37. The molecule has 1 fully saturated rings. The number of piperidine rings is 1. The molecule has 1 atom stereocenters. The summed E-state index contributed by atoms with van der Waals surface area (Å²) in [6, 6.07) is 9.25. The van der Waals surface area contributed by atoms with Crippen molar-refractivity contribution in [3.05, 3.63) is 35.9 Å². The molecule has 2 N–H and O–H groups in total. The van der Waals surface area contributed by atoms with Crippen LogP contribution in [-0.2, 0) is 10.0 Å². The van der Waals surface area contributed by atoms with Gasteiger partial charge in [-0.1, -0.05) is 36.8 Å². The minimum atomic E-state index is -3.56. The minimum absolute atomic E-state index is 0.503. The SMILES string of the molecule is NS(=O)(=O)C(CN1CCCCC1)c1ccccc1. The Morgan fingerprint density at radius 2 is 1.72 bits per heavy atom. The molecule has 2 rings (SSSR count). The van der Waals surface area contributed by atoms with Gasteiger partial charge in [-0.25, -0.2) is 13.6 Å². The molecule has 0 spiro atoms. The van der Waals surface area contributed by atoms with Crippen LogP contribution < -0.4 is 5.14 Å².